The van der Waals surface area contributed by atoms with E-state index in [-0.39, 0.29) is 29.9 Å². The monoisotopic (exact) mass is 419 g/mol. The second-order valence-corrected chi connectivity index (χ2v) is 8.15. The van der Waals surface area contributed by atoms with Gasteiger partial charge in [0, 0.05) is 18.7 Å². The summed E-state index contributed by atoms with van der Waals surface area (Å²) in [6.45, 7) is 6.02. The van der Waals surface area contributed by atoms with Crippen LogP contribution in [0.15, 0.2) is 48.5 Å². The van der Waals surface area contributed by atoms with Crippen LogP contribution in [0.5, 0.6) is 5.75 Å². The van der Waals surface area contributed by atoms with E-state index in [1.165, 1.54) is 12.0 Å². The number of fused-ring (bicyclic) bond motifs is 1. The molecule has 4 rings (SSSR count). The van der Waals surface area contributed by atoms with Crippen molar-refractivity contribution >= 4 is 12.4 Å². The Balaban J connectivity index is 0.00000240. The predicted molar refractivity (Wildman–Crippen MR) is 116 cm³/mol. The summed E-state index contributed by atoms with van der Waals surface area (Å²) in [6, 6.07) is 15.1. The van der Waals surface area contributed by atoms with Gasteiger partial charge in [-0.2, -0.15) is 0 Å². The van der Waals surface area contributed by atoms with Crippen LogP contribution in [0.1, 0.15) is 43.7 Å². The lowest BCUT2D eigenvalue weighted by atomic mass is 9.86. The van der Waals surface area contributed by atoms with Gasteiger partial charge in [0.15, 0.2) is 0 Å². The zero-order chi connectivity index (χ0) is 19.4. The summed E-state index contributed by atoms with van der Waals surface area (Å²) >= 11 is 0. The molecule has 5 heteroatoms. The average Bonchev–Trinajstić information content (AvgIpc) is 2.85. The molecule has 2 aliphatic rings. The van der Waals surface area contributed by atoms with Gasteiger partial charge in [-0.05, 0) is 69.3 Å². The highest BCUT2D eigenvalue weighted by molar-refractivity contribution is 5.85. The lowest BCUT2D eigenvalue weighted by Gasteiger charge is -2.43. The third kappa shape index (κ3) is 5.30. The van der Waals surface area contributed by atoms with E-state index in [1.54, 1.807) is 12.1 Å². The minimum atomic E-state index is -0.177. The fourth-order valence-electron chi connectivity index (χ4n) is 4.40. The largest absolute Gasteiger partial charge is 0.487 e. The number of hydrogen-bond acceptors (Lipinski definition) is 3. The van der Waals surface area contributed by atoms with Crippen molar-refractivity contribution in [1.29, 1.82) is 0 Å². The molecule has 1 fully saturated rings. The zero-order valence-electron chi connectivity index (χ0n) is 17.1. The molecule has 0 saturated carbocycles. The summed E-state index contributed by atoms with van der Waals surface area (Å²) < 4.78 is 25.7. The van der Waals surface area contributed by atoms with Crippen LogP contribution in [0.2, 0.25) is 0 Å². The number of benzene rings is 2. The summed E-state index contributed by atoms with van der Waals surface area (Å²) in [4.78, 5) is 2.55. The van der Waals surface area contributed by atoms with E-state index in [0.29, 0.717) is 6.61 Å². The summed E-state index contributed by atoms with van der Waals surface area (Å²) in [5.41, 5.74) is 2.19. The van der Waals surface area contributed by atoms with Gasteiger partial charge >= 0.3 is 0 Å². The van der Waals surface area contributed by atoms with Crippen LogP contribution in [0.3, 0.4) is 0 Å². The molecule has 1 unspecified atom stereocenters. The van der Waals surface area contributed by atoms with Gasteiger partial charge in [0.1, 0.15) is 23.3 Å². The van der Waals surface area contributed by atoms with Crippen molar-refractivity contribution in [3.05, 3.63) is 65.5 Å². The van der Waals surface area contributed by atoms with E-state index in [1.807, 2.05) is 30.3 Å². The van der Waals surface area contributed by atoms with Crippen LogP contribution in [-0.4, -0.2) is 36.2 Å². The number of halogens is 2. The summed E-state index contributed by atoms with van der Waals surface area (Å²) in [6.07, 6.45) is 5.42. The molecule has 0 aromatic heterocycles. The summed E-state index contributed by atoms with van der Waals surface area (Å²) in [7, 11) is 0. The number of hydrogen-bond donors (Lipinski definition) is 0. The Bertz CT molecular complexity index is 775. The smallest absolute Gasteiger partial charge is 0.125 e. The van der Waals surface area contributed by atoms with E-state index in [2.05, 4.69) is 17.9 Å². The maximum atomic E-state index is 13.0. The molecule has 1 spiro atoms. The fourth-order valence-corrected chi connectivity index (χ4v) is 4.40. The Morgan fingerprint density at radius 1 is 1.03 bits per heavy atom. The quantitative estimate of drug-likeness (QED) is 0.605. The maximum absolute atomic E-state index is 13.0. The first kappa shape index (κ1) is 22.1. The molecule has 2 aliphatic heterocycles. The highest BCUT2D eigenvalue weighted by Gasteiger charge is 2.43. The third-order valence-electron chi connectivity index (χ3n) is 6.34. The van der Waals surface area contributed by atoms with E-state index >= 15 is 0 Å². The first-order valence-corrected chi connectivity index (χ1v) is 10.5. The molecule has 3 nitrogen and oxygen atoms in total. The van der Waals surface area contributed by atoms with E-state index in [4.69, 9.17) is 9.47 Å². The number of piperidine rings is 1. The molecular weight excluding hydrogens is 389 g/mol. The van der Waals surface area contributed by atoms with Gasteiger partial charge in [-0.3, -0.25) is 0 Å². The van der Waals surface area contributed by atoms with Gasteiger partial charge in [0.2, 0.25) is 0 Å². The van der Waals surface area contributed by atoms with Crippen LogP contribution in [0.4, 0.5) is 4.39 Å². The molecular formula is C24H31ClFNO2. The first-order chi connectivity index (χ1) is 13.6. The molecule has 0 bridgehead atoms. The topological polar surface area (TPSA) is 21.7 Å². The van der Waals surface area contributed by atoms with Crippen molar-refractivity contribution < 1.29 is 13.9 Å². The lowest BCUT2D eigenvalue weighted by Crippen LogP contribution is -2.53. The molecule has 0 N–H and O–H groups in total. The maximum Gasteiger partial charge on any atom is 0.125 e. The Labute approximate surface area is 179 Å². The van der Waals surface area contributed by atoms with Gasteiger partial charge in [0.25, 0.3) is 0 Å². The average molecular weight is 420 g/mol. The SMILES string of the molecule is CC1Oc2ccccc2COC12CCN(CCCCc1ccc(F)cc1)CC2.Cl. The van der Waals surface area contributed by atoms with Gasteiger partial charge in [-0.25, -0.2) is 4.39 Å². The molecule has 2 aromatic carbocycles. The normalized spacial score (nSPS) is 21.0. The number of likely N-dealkylation sites (tertiary alicyclic amines) is 1. The summed E-state index contributed by atoms with van der Waals surface area (Å²) in [5.74, 6) is 0.808. The molecule has 0 aliphatic carbocycles. The lowest BCUT2D eigenvalue weighted by molar-refractivity contribution is -0.136. The van der Waals surface area contributed by atoms with E-state index < -0.39 is 0 Å². The third-order valence-corrected chi connectivity index (χ3v) is 6.34. The molecule has 158 valence electrons. The molecule has 29 heavy (non-hydrogen) atoms. The fraction of sp³-hybridized carbons (Fsp3) is 0.500. The number of aryl methyl sites for hydroxylation is 1. The highest BCUT2D eigenvalue weighted by Crippen LogP contribution is 2.37. The van der Waals surface area contributed by atoms with E-state index in [9.17, 15) is 4.39 Å². The minimum absolute atomic E-state index is 0. The van der Waals surface area contributed by atoms with Gasteiger partial charge in [-0.1, -0.05) is 30.3 Å². The minimum Gasteiger partial charge on any atom is -0.487 e. The predicted octanol–water partition coefficient (Wildman–Crippen LogP) is 5.40. The number of nitrogens with zero attached hydrogens (tertiary/aromatic N) is 1. The number of ether oxygens (including phenoxy) is 2. The molecule has 0 radical (unpaired) electrons. The van der Waals surface area contributed by atoms with Crippen molar-refractivity contribution in [2.45, 2.75) is 57.3 Å². The second kappa shape index (κ2) is 9.92. The molecule has 0 amide bonds. The van der Waals surface area contributed by atoms with Crippen LogP contribution < -0.4 is 4.74 Å². The van der Waals surface area contributed by atoms with Crippen LogP contribution in [0.25, 0.3) is 0 Å². The highest BCUT2D eigenvalue weighted by atomic mass is 35.5. The van der Waals surface area contributed by atoms with Gasteiger partial charge in [-0.15, -0.1) is 12.4 Å². The van der Waals surface area contributed by atoms with Crippen molar-refractivity contribution in [3.8, 4) is 5.75 Å². The Hall–Kier alpha value is -1.62. The van der Waals surface area contributed by atoms with Gasteiger partial charge in [0.05, 0.1) is 6.61 Å². The molecule has 2 aromatic rings. The van der Waals surface area contributed by atoms with Crippen LogP contribution in [-0.2, 0) is 17.8 Å². The van der Waals surface area contributed by atoms with Crippen LogP contribution >= 0.6 is 12.4 Å². The Kier molecular flexibility index (Phi) is 7.55. The zero-order valence-corrected chi connectivity index (χ0v) is 17.9. The van der Waals surface area contributed by atoms with Gasteiger partial charge < -0.3 is 14.4 Å². The standard InChI is InChI=1S/C24H30FNO2.ClH/c1-19-24(27-18-21-7-2-3-8-23(21)28-19)13-16-26(17-14-24)15-5-4-6-20-9-11-22(25)12-10-20;/h2-3,7-12,19H,4-6,13-18H2,1H3;1H. The molecule has 1 saturated heterocycles. The first-order valence-electron chi connectivity index (χ1n) is 10.5. The summed E-state index contributed by atoms with van der Waals surface area (Å²) in [5, 5.41) is 0. The van der Waals surface area contributed by atoms with Crippen molar-refractivity contribution in [2.24, 2.45) is 0 Å². The van der Waals surface area contributed by atoms with Crippen LogP contribution in [0, 0.1) is 5.82 Å². The van der Waals surface area contributed by atoms with Crippen molar-refractivity contribution in [2.75, 3.05) is 19.6 Å². The Morgan fingerprint density at radius 2 is 1.76 bits per heavy atom. The van der Waals surface area contributed by atoms with E-state index in [0.717, 1.165) is 56.6 Å². The number of unbranched alkanes of at least 4 members (excludes halogenated alkanes) is 1. The number of para-hydroxylation sites is 1. The second-order valence-electron chi connectivity index (χ2n) is 8.15. The van der Waals surface area contributed by atoms with Crippen molar-refractivity contribution in [3.63, 3.8) is 0 Å². The molecule has 2 heterocycles. The van der Waals surface area contributed by atoms with Crippen molar-refractivity contribution in [1.82, 2.24) is 4.90 Å². The molecule has 1 atom stereocenters. The Morgan fingerprint density at radius 3 is 2.52 bits per heavy atom. The number of rotatable bonds is 5.